The zero-order chi connectivity index (χ0) is 25.4. The zero-order valence-corrected chi connectivity index (χ0v) is 20.0. The number of hydrogen-bond acceptors (Lipinski definition) is 3. The van der Waals surface area contributed by atoms with Gasteiger partial charge in [0.05, 0.1) is 16.3 Å². The van der Waals surface area contributed by atoms with Crippen LogP contribution in [-0.2, 0) is 29.0 Å². The Morgan fingerprint density at radius 2 is 1.29 bits per heavy atom. The molecule has 0 amide bonds. The lowest BCUT2D eigenvalue weighted by atomic mass is 9.97. The van der Waals surface area contributed by atoms with Gasteiger partial charge in [-0.2, -0.15) is 18.3 Å². The molecule has 0 saturated heterocycles. The number of halogens is 3. The van der Waals surface area contributed by atoms with Gasteiger partial charge in [-0.05, 0) is 53.8 Å². The maximum atomic E-state index is 14.3. The molecule has 5 nitrogen and oxygen atoms in total. The van der Waals surface area contributed by atoms with Gasteiger partial charge in [0.1, 0.15) is 0 Å². The summed E-state index contributed by atoms with van der Waals surface area (Å²) in [4.78, 5) is -0.135. The van der Waals surface area contributed by atoms with E-state index in [9.17, 15) is 21.6 Å². The summed E-state index contributed by atoms with van der Waals surface area (Å²) in [5.41, 5.74) is 2.30. The normalized spacial score (nSPS) is 12.2. The van der Waals surface area contributed by atoms with Gasteiger partial charge < -0.3 is 0 Å². The quantitative estimate of drug-likeness (QED) is 0.354. The Bertz CT molecular complexity index is 1440. The van der Waals surface area contributed by atoms with E-state index < -0.39 is 21.9 Å². The molecular formula is C26H24F3N3O2S. The van der Waals surface area contributed by atoms with Gasteiger partial charge in [-0.25, -0.2) is 18.2 Å². The lowest BCUT2D eigenvalue weighted by Crippen LogP contribution is -2.11. The maximum Gasteiger partial charge on any atom is 0.435 e. The van der Waals surface area contributed by atoms with Crippen molar-refractivity contribution in [2.24, 2.45) is 5.14 Å². The highest BCUT2D eigenvalue weighted by Crippen LogP contribution is 2.43. The van der Waals surface area contributed by atoms with E-state index in [0.29, 0.717) is 16.8 Å². The third kappa shape index (κ3) is 5.01. The third-order valence-corrected chi connectivity index (χ3v) is 6.78. The highest BCUT2D eigenvalue weighted by atomic mass is 32.2. The van der Waals surface area contributed by atoms with Crippen molar-refractivity contribution < 1.29 is 21.6 Å². The van der Waals surface area contributed by atoms with Crippen LogP contribution in [0.15, 0.2) is 77.7 Å². The highest BCUT2D eigenvalue weighted by Gasteiger charge is 2.40. The first-order chi connectivity index (χ1) is 16.5. The Hall–Kier alpha value is -3.43. The second-order valence-corrected chi connectivity index (χ2v) is 9.68. The van der Waals surface area contributed by atoms with Crippen molar-refractivity contribution in [3.05, 3.63) is 89.6 Å². The molecule has 0 aliphatic carbocycles. The van der Waals surface area contributed by atoms with Gasteiger partial charge >= 0.3 is 6.18 Å². The summed E-state index contributed by atoms with van der Waals surface area (Å²) in [6, 6.07) is 19.4. The molecule has 0 spiro atoms. The topological polar surface area (TPSA) is 78.0 Å². The van der Waals surface area contributed by atoms with Crippen LogP contribution in [0.2, 0.25) is 0 Å². The SMILES string of the molecule is CCc1ccc(-c2c(C(F)(F)F)nn(-c3ccc(CC)cc3)c2-c2ccc(S(N)(=O)=O)cc2)cc1. The molecule has 1 aromatic heterocycles. The summed E-state index contributed by atoms with van der Waals surface area (Å²) in [5.74, 6) is 0. The molecule has 182 valence electrons. The minimum absolute atomic E-state index is 0.0805. The second-order valence-electron chi connectivity index (χ2n) is 8.12. The van der Waals surface area contributed by atoms with Crippen LogP contribution >= 0.6 is 0 Å². The summed E-state index contributed by atoms with van der Waals surface area (Å²) in [6.45, 7) is 3.95. The van der Waals surface area contributed by atoms with Gasteiger partial charge in [0, 0.05) is 11.1 Å². The molecule has 0 aliphatic rings. The maximum absolute atomic E-state index is 14.3. The number of hydrogen-bond donors (Lipinski definition) is 1. The summed E-state index contributed by atoms with van der Waals surface area (Å²) in [6.07, 6.45) is -3.19. The molecule has 0 aliphatic heterocycles. The molecule has 35 heavy (non-hydrogen) atoms. The van der Waals surface area contributed by atoms with Gasteiger partial charge in [0.2, 0.25) is 10.0 Å². The van der Waals surface area contributed by atoms with E-state index in [1.165, 1.54) is 28.9 Å². The van der Waals surface area contributed by atoms with Crippen LogP contribution < -0.4 is 5.14 Å². The monoisotopic (exact) mass is 499 g/mol. The smallest absolute Gasteiger partial charge is 0.232 e. The van der Waals surface area contributed by atoms with Crippen LogP contribution in [0.4, 0.5) is 13.2 Å². The minimum atomic E-state index is -4.72. The van der Waals surface area contributed by atoms with Gasteiger partial charge in [-0.3, -0.25) is 0 Å². The summed E-state index contributed by atoms with van der Waals surface area (Å²) < 4.78 is 67.5. The first-order valence-corrected chi connectivity index (χ1v) is 12.6. The fraction of sp³-hybridized carbons (Fsp3) is 0.192. The molecule has 2 N–H and O–H groups in total. The van der Waals surface area contributed by atoms with E-state index in [4.69, 9.17) is 5.14 Å². The Balaban J connectivity index is 2.04. The molecule has 9 heteroatoms. The van der Waals surface area contributed by atoms with Crippen molar-refractivity contribution in [3.8, 4) is 28.1 Å². The van der Waals surface area contributed by atoms with Crippen molar-refractivity contribution in [2.75, 3.05) is 0 Å². The number of benzene rings is 3. The fourth-order valence-corrected chi connectivity index (χ4v) is 4.44. The largest absolute Gasteiger partial charge is 0.435 e. The predicted molar refractivity (Wildman–Crippen MR) is 130 cm³/mol. The van der Waals surface area contributed by atoms with Crippen LogP contribution in [-0.4, -0.2) is 18.2 Å². The van der Waals surface area contributed by atoms with Crippen LogP contribution in [0, 0.1) is 0 Å². The number of aromatic nitrogens is 2. The van der Waals surface area contributed by atoms with Crippen LogP contribution in [0.25, 0.3) is 28.1 Å². The Labute approximate surface area is 202 Å². The first-order valence-electron chi connectivity index (χ1n) is 11.0. The molecule has 0 radical (unpaired) electrons. The molecular weight excluding hydrogens is 475 g/mol. The van der Waals surface area contributed by atoms with Gasteiger partial charge in [-0.15, -0.1) is 0 Å². The first kappa shape index (κ1) is 24.7. The van der Waals surface area contributed by atoms with Gasteiger partial charge in [-0.1, -0.05) is 62.4 Å². The van der Waals surface area contributed by atoms with E-state index in [1.807, 2.05) is 26.0 Å². The molecule has 4 aromatic rings. The van der Waals surface area contributed by atoms with E-state index >= 15 is 0 Å². The van der Waals surface area contributed by atoms with Gasteiger partial charge in [0.15, 0.2) is 5.69 Å². The molecule has 0 fully saturated rings. The van der Waals surface area contributed by atoms with Crippen molar-refractivity contribution in [1.82, 2.24) is 9.78 Å². The summed E-state index contributed by atoms with van der Waals surface area (Å²) in [5, 5.41) is 9.23. The number of aryl methyl sites for hydroxylation is 2. The number of rotatable bonds is 6. The van der Waals surface area contributed by atoms with E-state index in [-0.39, 0.29) is 16.2 Å². The van der Waals surface area contributed by atoms with Crippen LogP contribution in [0.1, 0.15) is 30.7 Å². The van der Waals surface area contributed by atoms with Crippen LogP contribution in [0.3, 0.4) is 0 Å². The lowest BCUT2D eigenvalue weighted by Gasteiger charge is -2.12. The molecule has 0 bridgehead atoms. The van der Waals surface area contributed by atoms with Crippen molar-refractivity contribution in [2.45, 2.75) is 37.8 Å². The Kier molecular flexibility index (Phi) is 6.57. The Morgan fingerprint density at radius 3 is 1.74 bits per heavy atom. The van der Waals surface area contributed by atoms with Crippen molar-refractivity contribution in [3.63, 3.8) is 0 Å². The average molecular weight is 500 g/mol. The van der Waals surface area contributed by atoms with Crippen molar-refractivity contribution >= 4 is 10.0 Å². The molecule has 0 saturated carbocycles. The number of nitrogens with zero attached hydrogens (tertiary/aromatic N) is 2. The zero-order valence-electron chi connectivity index (χ0n) is 19.2. The Morgan fingerprint density at radius 1 is 0.800 bits per heavy atom. The van der Waals surface area contributed by atoms with E-state index in [1.54, 1.807) is 36.4 Å². The second kappa shape index (κ2) is 9.31. The third-order valence-electron chi connectivity index (χ3n) is 5.85. The molecule has 3 aromatic carbocycles. The number of alkyl halides is 3. The number of primary sulfonamides is 1. The van der Waals surface area contributed by atoms with Crippen molar-refractivity contribution in [1.29, 1.82) is 0 Å². The molecule has 1 heterocycles. The van der Waals surface area contributed by atoms with E-state index in [2.05, 4.69) is 5.10 Å². The number of nitrogens with two attached hydrogens (primary N) is 1. The fourth-order valence-electron chi connectivity index (χ4n) is 3.93. The van der Waals surface area contributed by atoms with E-state index in [0.717, 1.165) is 24.0 Å². The van der Waals surface area contributed by atoms with Crippen LogP contribution in [0.5, 0.6) is 0 Å². The molecule has 0 unspecified atom stereocenters. The summed E-state index contributed by atoms with van der Waals surface area (Å²) >= 11 is 0. The predicted octanol–water partition coefficient (Wildman–Crippen LogP) is 6.00. The standard InChI is InChI=1S/C26H24F3N3O2S/c1-3-17-5-9-19(10-6-17)23-24(20-11-15-22(16-12-20)35(30,33)34)32(31-25(23)26(27,28)29)21-13-7-18(4-2)8-14-21/h5-16H,3-4H2,1-2H3,(H2,30,33,34). The summed E-state index contributed by atoms with van der Waals surface area (Å²) in [7, 11) is -3.96. The molecule has 0 atom stereocenters. The number of sulfonamides is 1. The average Bonchev–Trinajstić information content (AvgIpc) is 3.25. The van der Waals surface area contributed by atoms with Gasteiger partial charge in [0.25, 0.3) is 0 Å². The molecule has 4 rings (SSSR count). The minimum Gasteiger partial charge on any atom is -0.232 e. The highest BCUT2D eigenvalue weighted by molar-refractivity contribution is 7.89. The lowest BCUT2D eigenvalue weighted by molar-refractivity contribution is -0.140.